The Kier molecular flexibility index (Phi) is 6.33. The lowest BCUT2D eigenvalue weighted by atomic mass is 10.1. The molecule has 0 bridgehead atoms. The molecule has 0 spiro atoms. The van der Waals surface area contributed by atoms with Crippen molar-refractivity contribution in [1.29, 1.82) is 0 Å². The molecule has 2 aromatic carbocycles. The van der Waals surface area contributed by atoms with E-state index in [1.54, 1.807) is 16.2 Å². The molecule has 30 heavy (non-hydrogen) atoms. The molecule has 0 radical (unpaired) electrons. The number of hydrogen-bond donors (Lipinski definition) is 0. The number of benzene rings is 2. The van der Waals surface area contributed by atoms with Gasteiger partial charge in [0.15, 0.2) is 0 Å². The minimum Gasteiger partial charge on any atom is -0.485 e. The van der Waals surface area contributed by atoms with Crippen molar-refractivity contribution in [3.8, 4) is 5.75 Å². The second kappa shape index (κ2) is 9.30. The van der Waals surface area contributed by atoms with Crippen molar-refractivity contribution in [3.63, 3.8) is 0 Å². The number of hydrogen-bond acceptors (Lipinski definition) is 5. The molecule has 4 rings (SSSR count). The molecule has 1 aromatic heterocycles. The SMILES string of the molecule is CCN1C[C@@H](CN(C)C(=O)Cc2csc(Cc3ccccc3)n2)Oc2ccccc21. The minimum absolute atomic E-state index is 0.0436. The molecule has 1 atom stereocenters. The highest BCUT2D eigenvalue weighted by molar-refractivity contribution is 7.09. The number of para-hydroxylation sites is 2. The van der Waals surface area contributed by atoms with Crippen LogP contribution >= 0.6 is 11.3 Å². The number of aromatic nitrogens is 1. The number of likely N-dealkylation sites (N-methyl/N-ethyl adjacent to an activating group) is 2. The van der Waals surface area contributed by atoms with Crippen LogP contribution in [-0.2, 0) is 17.6 Å². The maximum Gasteiger partial charge on any atom is 0.228 e. The zero-order chi connectivity index (χ0) is 20.9. The highest BCUT2D eigenvalue weighted by atomic mass is 32.1. The van der Waals surface area contributed by atoms with Gasteiger partial charge < -0.3 is 14.5 Å². The lowest BCUT2D eigenvalue weighted by molar-refractivity contribution is -0.130. The molecule has 6 heteroatoms. The summed E-state index contributed by atoms with van der Waals surface area (Å²) >= 11 is 1.62. The van der Waals surface area contributed by atoms with Gasteiger partial charge in [-0.1, -0.05) is 42.5 Å². The third-order valence-electron chi connectivity index (χ3n) is 5.34. The van der Waals surface area contributed by atoms with E-state index < -0.39 is 0 Å². The van der Waals surface area contributed by atoms with Gasteiger partial charge in [0.1, 0.15) is 11.9 Å². The first kappa shape index (κ1) is 20.4. The molecule has 156 valence electrons. The fourth-order valence-corrected chi connectivity index (χ4v) is 4.58. The number of thiazole rings is 1. The van der Waals surface area contributed by atoms with Crippen molar-refractivity contribution in [2.75, 3.05) is 31.6 Å². The van der Waals surface area contributed by atoms with Gasteiger partial charge in [-0.2, -0.15) is 0 Å². The molecule has 0 saturated carbocycles. The number of amides is 1. The third kappa shape index (κ3) is 4.82. The van der Waals surface area contributed by atoms with Crippen LogP contribution in [0.2, 0.25) is 0 Å². The fraction of sp³-hybridized carbons (Fsp3) is 0.333. The summed E-state index contributed by atoms with van der Waals surface area (Å²) < 4.78 is 6.16. The Balaban J connectivity index is 1.33. The first-order valence-electron chi connectivity index (χ1n) is 10.3. The van der Waals surface area contributed by atoms with Gasteiger partial charge in [-0.05, 0) is 24.6 Å². The second-order valence-electron chi connectivity index (χ2n) is 7.59. The zero-order valence-electron chi connectivity index (χ0n) is 17.5. The van der Waals surface area contributed by atoms with E-state index in [1.807, 2.05) is 48.8 Å². The molecule has 1 amide bonds. The zero-order valence-corrected chi connectivity index (χ0v) is 18.3. The summed E-state index contributed by atoms with van der Waals surface area (Å²) in [5.41, 5.74) is 3.20. The first-order chi connectivity index (χ1) is 14.6. The van der Waals surface area contributed by atoms with E-state index in [0.29, 0.717) is 13.0 Å². The summed E-state index contributed by atoms with van der Waals surface area (Å²) in [6, 6.07) is 18.4. The number of carbonyl (C=O) groups is 1. The summed E-state index contributed by atoms with van der Waals surface area (Å²) in [5.74, 6) is 0.957. The van der Waals surface area contributed by atoms with E-state index in [4.69, 9.17) is 4.74 Å². The Labute approximate surface area is 181 Å². The summed E-state index contributed by atoms with van der Waals surface area (Å²) in [6.45, 7) is 4.40. The molecule has 3 aromatic rings. The Morgan fingerprint density at radius 2 is 1.97 bits per heavy atom. The van der Waals surface area contributed by atoms with E-state index in [-0.39, 0.29) is 12.0 Å². The number of rotatable bonds is 7. The Morgan fingerprint density at radius 3 is 2.77 bits per heavy atom. The summed E-state index contributed by atoms with van der Waals surface area (Å²) in [5, 5.41) is 3.04. The molecule has 0 fully saturated rings. The van der Waals surface area contributed by atoms with Crippen LogP contribution in [0, 0.1) is 0 Å². The predicted molar refractivity (Wildman–Crippen MR) is 121 cm³/mol. The summed E-state index contributed by atoms with van der Waals surface area (Å²) in [7, 11) is 1.85. The van der Waals surface area contributed by atoms with Gasteiger partial charge in [-0.3, -0.25) is 4.79 Å². The van der Waals surface area contributed by atoms with E-state index in [2.05, 4.69) is 35.0 Å². The van der Waals surface area contributed by atoms with Gasteiger partial charge in [0.2, 0.25) is 5.91 Å². The van der Waals surface area contributed by atoms with Crippen molar-refractivity contribution >= 4 is 22.9 Å². The third-order valence-corrected chi connectivity index (χ3v) is 6.24. The normalized spacial score (nSPS) is 15.4. The van der Waals surface area contributed by atoms with Gasteiger partial charge in [0.05, 0.1) is 35.9 Å². The van der Waals surface area contributed by atoms with Crippen molar-refractivity contribution in [3.05, 3.63) is 76.2 Å². The molecule has 1 aliphatic rings. The van der Waals surface area contributed by atoms with Gasteiger partial charge >= 0.3 is 0 Å². The molecule has 5 nitrogen and oxygen atoms in total. The van der Waals surface area contributed by atoms with Crippen molar-refractivity contribution in [2.24, 2.45) is 0 Å². The van der Waals surface area contributed by atoms with Gasteiger partial charge in [-0.15, -0.1) is 11.3 Å². The minimum atomic E-state index is -0.0436. The van der Waals surface area contributed by atoms with Crippen molar-refractivity contribution in [2.45, 2.75) is 25.9 Å². The largest absolute Gasteiger partial charge is 0.485 e. The average Bonchev–Trinajstić information content (AvgIpc) is 3.20. The lowest BCUT2D eigenvalue weighted by Crippen LogP contribution is -2.47. The molecule has 0 N–H and O–H groups in total. The molecule has 2 heterocycles. The topological polar surface area (TPSA) is 45.7 Å². The van der Waals surface area contributed by atoms with E-state index in [9.17, 15) is 4.79 Å². The quantitative estimate of drug-likeness (QED) is 0.578. The summed E-state index contributed by atoms with van der Waals surface area (Å²) in [6.07, 6.45) is 1.08. The Bertz CT molecular complexity index is 989. The van der Waals surface area contributed by atoms with E-state index in [0.717, 1.165) is 41.6 Å². The van der Waals surface area contributed by atoms with Crippen molar-refractivity contribution in [1.82, 2.24) is 9.88 Å². The van der Waals surface area contributed by atoms with Crippen LogP contribution in [0.5, 0.6) is 5.75 Å². The van der Waals surface area contributed by atoms with Gasteiger partial charge in [0.25, 0.3) is 0 Å². The molecule has 0 unspecified atom stereocenters. The summed E-state index contributed by atoms with van der Waals surface area (Å²) in [4.78, 5) is 21.5. The highest BCUT2D eigenvalue weighted by Gasteiger charge is 2.26. The van der Waals surface area contributed by atoms with E-state index >= 15 is 0 Å². The highest BCUT2D eigenvalue weighted by Crippen LogP contribution is 2.32. The van der Waals surface area contributed by atoms with Crippen LogP contribution in [0.4, 0.5) is 5.69 Å². The number of fused-ring (bicyclic) bond motifs is 1. The number of nitrogens with zero attached hydrogens (tertiary/aromatic N) is 3. The second-order valence-corrected chi connectivity index (χ2v) is 8.53. The number of ether oxygens (including phenoxy) is 1. The van der Waals surface area contributed by atoms with Crippen LogP contribution < -0.4 is 9.64 Å². The van der Waals surface area contributed by atoms with Crippen LogP contribution in [0.3, 0.4) is 0 Å². The first-order valence-corrected chi connectivity index (χ1v) is 11.2. The lowest BCUT2D eigenvalue weighted by Gasteiger charge is -2.37. The number of carbonyl (C=O) groups excluding carboxylic acids is 1. The van der Waals surface area contributed by atoms with Gasteiger partial charge in [-0.25, -0.2) is 4.98 Å². The predicted octanol–water partition coefficient (Wildman–Crippen LogP) is 4.02. The molecular weight excluding hydrogens is 394 g/mol. The average molecular weight is 422 g/mol. The molecule has 0 aliphatic carbocycles. The maximum atomic E-state index is 12.8. The standard InChI is InChI=1S/C24H27N3O2S/c1-3-27-16-20(29-22-12-8-7-11-21(22)27)15-26(2)24(28)14-19-17-30-23(25-19)13-18-9-5-4-6-10-18/h4-12,17,20H,3,13-16H2,1-2H3/t20-/m1/s1. The van der Waals surface area contributed by atoms with Crippen LogP contribution in [0.25, 0.3) is 0 Å². The van der Waals surface area contributed by atoms with Gasteiger partial charge in [0, 0.05) is 25.4 Å². The monoisotopic (exact) mass is 421 g/mol. The number of anilines is 1. The fourth-order valence-electron chi connectivity index (χ4n) is 3.75. The molecular formula is C24H27N3O2S. The maximum absolute atomic E-state index is 12.8. The van der Waals surface area contributed by atoms with Crippen LogP contribution in [0.15, 0.2) is 60.0 Å². The molecule has 0 saturated heterocycles. The Morgan fingerprint density at radius 1 is 1.20 bits per heavy atom. The van der Waals surface area contributed by atoms with Crippen LogP contribution in [0.1, 0.15) is 23.2 Å². The van der Waals surface area contributed by atoms with Crippen molar-refractivity contribution < 1.29 is 9.53 Å². The smallest absolute Gasteiger partial charge is 0.228 e. The van der Waals surface area contributed by atoms with Crippen LogP contribution in [-0.4, -0.2) is 48.6 Å². The Hall–Kier alpha value is -2.86. The molecule has 1 aliphatic heterocycles. The van der Waals surface area contributed by atoms with E-state index in [1.165, 1.54) is 5.56 Å².